The van der Waals surface area contributed by atoms with E-state index in [1.807, 2.05) is 19.1 Å². The summed E-state index contributed by atoms with van der Waals surface area (Å²) >= 11 is 0. The van der Waals surface area contributed by atoms with Gasteiger partial charge in [0.05, 0.1) is 13.7 Å². The minimum absolute atomic E-state index is 0.631. The second-order valence-electron chi connectivity index (χ2n) is 4.75. The van der Waals surface area contributed by atoms with Crippen molar-refractivity contribution >= 4 is 5.69 Å². The molecule has 2 rings (SSSR count). The van der Waals surface area contributed by atoms with E-state index >= 15 is 0 Å². The lowest BCUT2D eigenvalue weighted by Crippen LogP contribution is -2.05. The molecule has 0 aliphatic heterocycles. The minimum atomic E-state index is 0.631. The van der Waals surface area contributed by atoms with E-state index in [0.29, 0.717) is 13.2 Å². The zero-order chi connectivity index (χ0) is 15.1. The number of aryl methyl sites for hydroxylation is 1. The molecule has 0 saturated carbocycles. The van der Waals surface area contributed by atoms with Crippen molar-refractivity contribution in [3.05, 3.63) is 53.6 Å². The van der Waals surface area contributed by atoms with Gasteiger partial charge in [0.25, 0.3) is 0 Å². The SMILES string of the molecule is CCOc1cccc(CNc2ccccc2CC)c1OC. The first-order valence-electron chi connectivity index (χ1n) is 7.40. The van der Waals surface area contributed by atoms with Crippen LogP contribution in [-0.4, -0.2) is 13.7 Å². The lowest BCUT2D eigenvalue weighted by atomic mass is 10.1. The van der Waals surface area contributed by atoms with Crippen molar-refractivity contribution in [1.29, 1.82) is 0 Å². The highest BCUT2D eigenvalue weighted by Crippen LogP contribution is 2.31. The van der Waals surface area contributed by atoms with Crippen molar-refractivity contribution in [2.24, 2.45) is 0 Å². The predicted molar refractivity (Wildman–Crippen MR) is 87.3 cm³/mol. The van der Waals surface area contributed by atoms with Gasteiger partial charge >= 0.3 is 0 Å². The molecule has 0 aliphatic rings. The van der Waals surface area contributed by atoms with Crippen LogP contribution in [0.3, 0.4) is 0 Å². The molecule has 1 N–H and O–H groups in total. The summed E-state index contributed by atoms with van der Waals surface area (Å²) in [6.07, 6.45) is 1.01. The standard InChI is InChI=1S/C18H23NO2/c1-4-14-9-6-7-11-16(14)19-13-15-10-8-12-17(21-5-2)18(15)20-3/h6-12,19H,4-5,13H2,1-3H3. The molecule has 0 unspecified atom stereocenters. The normalized spacial score (nSPS) is 10.2. The number of rotatable bonds is 7. The summed E-state index contributed by atoms with van der Waals surface area (Å²) in [6.45, 7) is 5.48. The zero-order valence-electron chi connectivity index (χ0n) is 13.0. The molecule has 0 atom stereocenters. The Kier molecular flexibility index (Phi) is 5.50. The van der Waals surface area contributed by atoms with Gasteiger partial charge in [-0.15, -0.1) is 0 Å². The molecule has 0 aliphatic carbocycles. The molecule has 2 aromatic rings. The van der Waals surface area contributed by atoms with E-state index in [2.05, 4.69) is 42.6 Å². The molecule has 3 nitrogen and oxygen atoms in total. The molecule has 0 radical (unpaired) electrons. The first-order chi connectivity index (χ1) is 10.3. The molecule has 0 bridgehead atoms. The Balaban J connectivity index is 2.18. The lowest BCUT2D eigenvalue weighted by Gasteiger charge is -2.15. The lowest BCUT2D eigenvalue weighted by molar-refractivity contribution is 0.309. The summed E-state index contributed by atoms with van der Waals surface area (Å²) < 4.78 is 11.1. The molecule has 0 heterocycles. The summed E-state index contributed by atoms with van der Waals surface area (Å²) in [5, 5.41) is 3.49. The Morgan fingerprint density at radius 3 is 2.43 bits per heavy atom. The molecule has 21 heavy (non-hydrogen) atoms. The predicted octanol–water partition coefficient (Wildman–Crippen LogP) is 4.27. The highest BCUT2D eigenvalue weighted by molar-refractivity contribution is 5.53. The number of ether oxygens (including phenoxy) is 2. The number of anilines is 1. The topological polar surface area (TPSA) is 30.5 Å². The van der Waals surface area contributed by atoms with Crippen molar-refractivity contribution in [3.8, 4) is 11.5 Å². The molecule has 0 fully saturated rings. The molecular weight excluding hydrogens is 262 g/mol. The summed E-state index contributed by atoms with van der Waals surface area (Å²) in [7, 11) is 1.68. The van der Waals surface area contributed by atoms with Crippen LogP contribution >= 0.6 is 0 Å². The summed E-state index contributed by atoms with van der Waals surface area (Å²) in [5.41, 5.74) is 3.58. The van der Waals surface area contributed by atoms with Gasteiger partial charge in [0.2, 0.25) is 0 Å². The maximum atomic E-state index is 5.61. The molecule has 0 spiro atoms. The van der Waals surface area contributed by atoms with Gasteiger partial charge in [-0.05, 0) is 31.0 Å². The van der Waals surface area contributed by atoms with Crippen LogP contribution < -0.4 is 14.8 Å². The van der Waals surface area contributed by atoms with E-state index in [1.165, 1.54) is 11.3 Å². The van der Waals surface area contributed by atoms with Gasteiger partial charge in [-0.25, -0.2) is 0 Å². The smallest absolute Gasteiger partial charge is 0.165 e. The Morgan fingerprint density at radius 1 is 0.952 bits per heavy atom. The van der Waals surface area contributed by atoms with Crippen LogP contribution in [0.15, 0.2) is 42.5 Å². The van der Waals surface area contributed by atoms with Crippen LogP contribution in [-0.2, 0) is 13.0 Å². The van der Waals surface area contributed by atoms with E-state index < -0.39 is 0 Å². The first-order valence-corrected chi connectivity index (χ1v) is 7.40. The minimum Gasteiger partial charge on any atom is -0.493 e. The number of benzene rings is 2. The van der Waals surface area contributed by atoms with Crippen LogP contribution in [0.25, 0.3) is 0 Å². The highest BCUT2D eigenvalue weighted by atomic mass is 16.5. The summed E-state index contributed by atoms with van der Waals surface area (Å²) in [5.74, 6) is 1.60. The molecular formula is C18H23NO2. The number of nitrogens with one attached hydrogen (secondary N) is 1. The average molecular weight is 285 g/mol. The van der Waals surface area contributed by atoms with E-state index in [1.54, 1.807) is 7.11 Å². The van der Waals surface area contributed by atoms with Crippen molar-refractivity contribution in [3.63, 3.8) is 0 Å². The summed E-state index contributed by atoms with van der Waals surface area (Å²) in [6, 6.07) is 14.4. The van der Waals surface area contributed by atoms with Crippen molar-refractivity contribution < 1.29 is 9.47 Å². The van der Waals surface area contributed by atoms with Crippen LogP contribution in [0, 0.1) is 0 Å². The molecule has 2 aromatic carbocycles. The molecule has 0 aromatic heterocycles. The van der Waals surface area contributed by atoms with Gasteiger partial charge in [-0.1, -0.05) is 37.3 Å². The number of hydrogen-bond donors (Lipinski definition) is 1. The van der Waals surface area contributed by atoms with Gasteiger partial charge in [0.1, 0.15) is 0 Å². The maximum Gasteiger partial charge on any atom is 0.165 e. The van der Waals surface area contributed by atoms with Gasteiger partial charge in [-0.2, -0.15) is 0 Å². The highest BCUT2D eigenvalue weighted by Gasteiger charge is 2.10. The number of methoxy groups -OCH3 is 1. The fourth-order valence-corrected chi connectivity index (χ4v) is 2.39. The van der Waals surface area contributed by atoms with E-state index in [-0.39, 0.29) is 0 Å². The third kappa shape index (κ3) is 3.69. The largest absolute Gasteiger partial charge is 0.493 e. The molecule has 3 heteroatoms. The van der Waals surface area contributed by atoms with Crippen LogP contribution in [0.1, 0.15) is 25.0 Å². The molecule has 112 valence electrons. The van der Waals surface area contributed by atoms with Gasteiger partial charge < -0.3 is 14.8 Å². The molecule has 0 amide bonds. The number of hydrogen-bond acceptors (Lipinski definition) is 3. The van der Waals surface area contributed by atoms with E-state index in [0.717, 1.165) is 23.5 Å². The first kappa shape index (κ1) is 15.2. The van der Waals surface area contributed by atoms with E-state index in [4.69, 9.17) is 9.47 Å². The Labute approximate surface area is 126 Å². The van der Waals surface area contributed by atoms with Crippen LogP contribution in [0.2, 0.25) is 0 Å². The van der Waals surface area contributed by atoms with Crippen LogP contribution in [0.4, 0.5) is 5.69 Å². The fourth-order valence-electron chi connectivity index (χ4n) is 2.39. The van der Waals surface area contributed by atoms with Gasteiger partial charge in [-0.3, -0.25) is 0 Å². The Bertz CT molecular complexity index is 581. The molecule has 0 saturated heterocycles. The van der Waals surface area contributed by atoms with Gasteiger partial charge in [0, 0.05) is 17.8 Å². The van der Waals surface area contributed by atoms with E-state index in [9.17, 15) is 0 Å². The zero-order valence-corrected chi connectivity index (χ0v) is 13.0. The number of para-hydroxylation sites is 2. The van der Waals surface area contributed by atoms with Crippen LogP contribution in [0.5, 0.6) is 11.5 Å². The second-order valence-corrected chi connectivity index (χ2v) is 4.75. The second kappa shape index (κ2) is 7.58. The average Bonchev–Trinajstić information content (AvgIpc) is 2.53. The quantitative estimate of drug-likeness (QED) is 0.824. The third-order valence-corrected chi connectivity index (χ3v) is 3.43. The third-order valence-electron chi connectivity index (χ3n) is 3.43. The fraction of sp³-hybridized carbons (Fsp3) is 0.333. The Hall–Kier alpha value is -2.16. The maximum absolute atomic E-state index is 5.61. The van der Waals surface area contributed by atoms with Gasteiger partial charge in [0.15, 0.2) is 11.5 Å². The Morgan fingerprint density at radius 2 is 1.71 bits per heavy atom. The van der Waals surface area contributed by atoms with Crippen molar-refractivity contribution in [2.45, 2.75) is 26.8 Å². The summed E-state index contributed by atoms with van der Waals surface area (Å²) in [4.78, 5) is 0. The van der Waals surface area contributed by atoms with Crippen molar-refractivity contribution in [1.82, 2.24) is 0 Å². The monoisotopic (exact) mass is 285 g/mol. The van der Waals surface area contributed by atoms with Crippen molar-refractivity contribution in [2.75, 3.05) is 19.0 Å².